The fourth-order valence-corrected chi connectivity index (χ4v) is 2.66. The van der Waals surface area contributed by atoms with Crippen LogP contribution in [-0.2, 0) is 16.1 Å². The van der Waals surface area contributed by atoms with Gasteiger partial charge in [0.05, 0.1) is 0 Å². The molecule has 0 aromatic heterocycles. The number of halogens is 1. The predicted molar refractivity (Wildman–Crippen MR) is 77.9 cm³/mol. The van der Waals surface area contributed by atoms with Crippen LogP contribution in [0.15, 0.2) is 24.3 Å². The second-order valence-electron chi connectivity index (χ2n) is 5.98. The fraction of sp³-hybridized carbons (Fsp3) is 0.500. The molecule has 0 saturated carbocycles. The maximum atomic E-state index is 13.3. The number of amides is 2. The number of hydrogen-bond donors (Lipinski definition) is 1. The molecule has 1 aromatic carbocycles. The van der Waals surface area contributed by atoms with Crippen molar-refractivity contribution in [2.24, 2.45) is 0 Å². The summed E-state index contributed by atoms with van der Waals surface area (Å²) in [5.41, 5.74) is -0.232. The van der Waals surface area contributed by atoms with E-state index in [1.54, 1.807) is 30.9 Å². The Bertz CT molecular complexity index is 557. The molecule has 1 unspecified atom stereocenters. The maximum Gasteiger partial charge on any atom is 0.248 e. The Kier molecular flexibility index (Phi) is 4.30. The van der Waals surface area contributed by atoms with Crippen LogP contribution >= 0.6 is 0 Å². The van der Waals surface area contributed by atoms with Crippen LogP contribution < -0.4 is 5.32 Å². The molecular formula is C16H21FN2O2. The normalized spacial score (nSPS) is 21.3. The van der Waals surface area contributed by atoms with Crippen molar-refractivity contribution < 1.29 is 14.0 Å². The van der Waals surface area contributed by atoms with Gasteiger partial charge in [-0.25, -0.2) is 4.39 Å². The summed E-state index contributed by atoms with van der Waals surface area (Å²) < 4.78 is 13.3. The molecule has 1 saturated heterocycles. The summed E-state index contributed by atoms with van der Waals surface area (Å²) in [7, 11) is 0. The monoisotopic (exact) mass is 292 g/mol. The SMILES string of the molecule is CCCC1C(=O)NC(C)(C)C(=O)N1Cc1cccc(F)c1. The number of carbonyl (C=O) groups is 2. The van der Waals surface area contributed by atoms with E-state index in [4.69, 9.17) is 0 Å². The van der Waals surface area contributed by atoms with Gasteiger partial charge in [0, 0.05) is 6.54 Å². The van der Waals surface area contributed by atoms with Crippen LogP contribution in [0.1, 0.15) is 39.2 Å². The minimum atomic E-state index is -0.922. The molecule has 1 aliphatic heterocycles. The van der Waals surface area contributed by atoms with Crippen LogP contribution in [-0.4, -0.2) is 28.3 Å². The molecule has 21 heavy (non-hydrogen) atoms. The lowest BCUT2D eigenvalue weighted by Crippen LogP contribution is -2.67. The first-order valence-electron chi connectivity index (χ1n) is 7.22. The summed E-state index contributed by atoms with van der Waals surface area (Å²) in [6.07, 6.45) is 1.40. The number of hydrogen-bond acceptors (Lipinski definition) is 2. The Morgan fingerprint density at radius 1 is 1.33 bits per heavy atom. The van der Waals surface area contributed by atoms with E-state index in [-0.39, 0.29) is 24.2 Å². The third-order valence-electron chi connectivity index (χ3n) is 3.71. The second-order valence-corrected chi connectivity index (χ2v) is 5.98. The Balaban J connectivity index is 2.30. The van der Waals surface area contributed by atoms with Crippen molar-refractivity contribution in [3.63, 3.8) is 0 Å². The molecule has 0 radical (unpaired) electrons. The van der Waals surface area contributed by atoms with E-state index in [2.05, 4.69) is 5.32 Å². The maximum absolute atomic E-state index is 13.3. The third-order valence-corrected chi connectivity index (χ3v) is 3.71. The average molecular weight is 292 g/mol. The van der Waals surface area contributed by atoms with Gasteiger partial charge in [-0.15, -0.1) is 0 Å². The second kappa shape index (κ2) is 5.84. The van der Waals surface area contributed by atoms with Crippen molar-refractivity contribution in [1.82, 2.24) is 10.2 Å². The largest absolute Gasteiger partial charge is 0.340 e. The molecule has 2 amide bonds. The van der Waals surface area contributed by atoms with Crippen LogP contribution in [0.25, 0.3) is 0 Å². The summed E-state index contributed by atoms with van der Waals surface area (Å²) >= 11 is 0. The van der Waals surface area contributed by atoms with Gasteiger partial charge in [0.25, 0.3) is 0 Å². The molecule has 0 spiro atoms. The first-order chi connectivity index (χ1) is 9.85. The topological polar surface area (TPSA) is 49.4 Å². The Labute approximate surface area is 124 Å². The van der Waals surface area contributed by atoms with E-state index in [0.717, 1.165) is 6.42 Å². The van der Waals surface area contributed by atoms with Gasteiger partial charge in [-0.2, -0.15) is 0 Å². The molecule has 2 rings (SSSR count). The molecule has 0 bridgehead atoms. The van der Waals surface area contributed by atoms with Gasteiger partial charge >= 0.3 is 0 Å². The molecule has 1 fully saturated rings. The molecule has 1 atom stereocenters. The first-order valence-corrected chi connectivity index (χ1v) is 7.22. The van der Waals surface area contributed by atoms with Crippen LogP contribution in [0.4, 0.5) is 4.39 Å². The van der Waals surface area contributed by atoms with E-state index >= 15 is 0 Å². The number of rotatable bonds is 4. The molecule has 0 aliphatic carbocycles. The molecular weight excluding hydrogens is 271 g/mol. The molecule has 1 aliphatic rings. The van der Waals surface area contributed by atoms with Crippen molar-refractivity contribution in [2.75, 3.05) is 0 Å². The molecule has 1 aromatic rings. The number of benzene rings is 1. The van der Waals surface area contributed by atoms with E-state index in [1.807, 2.05) is 6.92 Å². The summed E-state index contributed by atoms with van der Waals surface area (Å²) in [5, 5.41) is 2.76. The lowest BCUT2D eigenvalue weighted by atomic mass is 9.94. The lowest BCUT2D eigenvalue weighted by molar-refractivity contribution is -0.154. The zero-order chi connectivity index (χ0) is 15.6. The smallest absolute Gasteiger partial charge is 0.248 e. The van der Waals surface area contributed by atoms with Crippen LogP contribution in [0.2, 0.25) is 0 Å². The van der Waals surface area contributed by atoms with Gasteiger partial charge in [0.2, 0.25) is 11.8 Å². The fourth-order valence-electron chi connectivity index (χ4n) is 2.66. The highest BCUT2D eigenvalue weighted by atomic mass is 19.1. The highest BCUT2D eigenvalue weighted by Gasteiger charge is 2.44. The minimum absolute atomic E-state index is 0.134. The zero-order valence-electron chi connectivity index (χ0n) is 12.6. The van der Waals surface area contributed by atoms with E-state index in [1.165, 1.54) is 12.1 Å². The third kappa shape index (κ3) is 3.23. The molecule has 5 heteroatoms. The minimum Gasteiger partial charge on any atom is -0.340 e. The van der Waals surface area contributed by atoms with Gasteiger partial charge in [0.15, 0.2) is 0 Å². The van der Waals surface area contributed by atoms with Gasteiger partial charge in [-0.1, -0.05) is 25.5 Å². The highest BCUT2D eigenvalue weighted by Crippen LogP contribution is 2.23. The van der Waals surface area contributed by atoms with Gasteiger partial charge < -0.3 is 10.2 Å². The average Bonchev–Trinajstić information content (AvgIpc) is 2.40. The Morgan fingerprint density at radius 3 is 2.67 bits per heavy atom. The number of piperazine rings is 1. The van der Waals surface area contributed by atoms with Gasteiger partial charge in [0.1, 0.15) is 17.4 Å². The summed E-state index contributed by atoms with van der Waals surface area (Å²) in [6.45, 7) is 5.60. The van der Waals surface area contributed by atoms with Crippen molar-refractivity contribution in [2.45, 2.75) is 51.7 Å². The molecule has 4 nitrogen and oxygen atoms in total. The quantitative estimate of drug-likeness (QED) is 0.925. The van der Waals surface area contributed by atoms with Crippen molar-refractivity contribution in [3.8, 4) is 0 Å². The van der Waals surface area contributed by atoms with Gasteiger partial charge in [-0.3, -0.25) is 9.59 Å². The zero-order valence-corrected chi connectivity index (χ0v) is 12.6. The summed E-state index contributed by atoms with van der Waals surface area (Å²) in [6, 6.07) is 5.65. The predicted octanol–water partition coefficient (Wildman–Crippen LogP) is 2.23. The van der Waals surface area contributed by atoms with E-state index in [0.29, 0.717) is 12.0 Å². The summed E-state index contributed by atoms with van der Waals surface area (Å²) in [5.74, 6) is -0.615. The van der Waals surface area contributed by atoms with Crippen LogP contribution in [0, 0.1) is 5.82 Å². The Morgan fingerprint density at radius 2 is 2.05 bits per heavy atom. The Hall–Kier alpha value is -1.91. The summed E-state index contributed by atoms with van der Waals surface area (Å²) in [4.78, 5) is 26.4. The van der Waals surface area contributed by atoms with Crippen molar-refractivity contribution >= 4 is 11.8 Å². The van der Waals surface area contributed by atoms with E-state index in [9.17, 15) is 14.0 Å². The lowest BCUT2D eigenvalue weighted by Gasteiger charge is -2.43. The van der Waals surface area contributed by atoms with Crippen molar-refractivity contribution in [3.05, 3.63) is 35.6 Å². The molecule has 114 valence electrons. The molecule has 1 heterocycles. The van der Waals surface area contributed by atoms with Crippen molar-refractivity contribution in [1.29, 1.82) is 0 Å². The number of nitrogens with one attached hydrogen (secondary N) is 1. The van der Waals surface area contributed by atoms with Crippen LogP contribution in [0.5, 0.6) is 0 Å². The number of carbonyl (C=O) groups excluding carboxylic acids is 2. The van der Waals surface area contributed by atoms with Crippen LogP contribution in [0.3, 0.4) is 0 Å². The number of nitrogens with zero attached hydrogens (tertiary/aromatic N) is 1. The first kappa shape index (κ1) is 15.5. The highest BCUT2D eigenvalue weighted by molar-refractivity contribution is 5.99. The van der Waals surface area contributed by atoms with Gasteiger partial charge in [-0.05, 0) is 38.0 Å². The van der Waals surface area contributed by atoms with E-state index < -0.39 is 11.6 Å². The molecule has 1 N–H and O–H groups in total. The standard InChI is InChI=1S/C16H21FN2O2/c1-4-6-13-14(20)18-16(2,3)15(21)19(13)10-11-7-5-8-12(17)9-11/h5,7-9,13H,4,6,10H2,1-3H3,(H,18,20).